The van der Waals surface area contributed by atoms with Gasteiger partial charge in [-0.2, -0.15) is 0 Å². The summed E-state index contributed by atoms with van der Waals surface area (Å²) < 4.78 is 11.6. The largest absolute Gasteiger partial charge is 0.491 e. The Bertz CT molecular complexity index is 539. The van der Waals surface area contributed by atoms with Gasteiger partial charge in [-0.25, -0.2) is 0 Å². The SMILES string of the molecule is CCC(C)Oc1ccc(NCC(C)Oc2ccccc2)cc1. The predicted molar refractivity (Wildman–Crippen MR) is 91.8 cm³/mol. The molecule has 0 saturated heterocycles. The zero-order chi connectivity index (χ0) is 15.8. The van der Waals surface area contributed by atoms with E-state index in [0.29, 0.717) is 0 Å². The van der Waals surface area contributed by atoms with Gasteiger partial charge >= 0.3 is 0 Å². The van der Waals surface area contributed by atoms with Crippen LogP contribution in [0.1, 0.15) is 27.2 Å². The van der Waals surface area contributed by atoms with Crippen molar-refractivity contribution >= 4 is 5.69 Å². The van der Waals surface area contributed by atoms with Crippen LogP contribution in [-0.4, -0.2) is 18.8 Å². The third-order valence-electron chi connectivity index (χ3n) is 3.44. The van der Waals surface area contributed by atoms with E-state index in [0.717, 1.165) is 30.2 Å². The molecule has 118 valence electrons. The van der Waals surface area contributed by atoms with Crippen LogP contribution in [0.2, 0.25) is 0 Å². The van der Waals surface area contributed by atoms with Crippen LogP contribution in [0.15, 0.2) is 54.6 Å². The molecule has 0 aromatic heterocycles. The summed E-state index contributed by atoms with van der Waals surface area (Å²) in [7, 11) is 0. The lowest BCUT2D eigenvalue weighted by molar-refractivity contribution is 0.217. The van der Waals surface area contributed by atoms with E-state index in [1.54, 1.807) is 0 Å². The number of benzene rings is 2. The number of hydrogen-bond acceptors (Lipinski definition) is 3. The molecule has 0 saturated carbocycles. The Kier molecular flexibility index (Phi) is 6.13. The second-order valence-corrected chi connectivity index (χ2v) is 5.48. The van der Waals surface area contributed by atoms with Crippen LogP contribution in [0, 0.1) is 0 Å². The minimum Gasteiger partial charge on any atom is -0.491 e. The van der Waals surface area contributed by atoms with Gasteiger partial charge in [-0.3, -0.25) is 0 Å². The van der Waals surface area contributed by atoms with Crippen LogP contribution in [0.4, 0.5) is 5.69 Å². The third-order valence-corrected chi connectivity index (χ3v) is 3.44. The second kappa shape index (κ2) is 8.32. The maximum absolute atomic E-state index is 5.84. The summed E-state index contributed by atoms with van der Waals surface area (Å²) in [5.41, 5.74) is 1.07. The number of nitrogens with one attached hydrogen (secondary N) is 1. The monoisotopic (exact) mass is 299 g/mol. The molecule has 0 aliphatic heterocycles. The van der Waals surface area contributed by atoms with Crippen molar-refractivity contribution in [3.8, 4) is 11.5 Å². The van der Waals surface area contributed by atoms with E-state index in [2.05, 4.69) is 26.1 Å². The molecule has 3 heteroatoms. The van der Waals surface area contributed by atoms with Gasteiger partial charge in [0, 0.05) is 5.69 Å². The van der Waals surface area contributed by atoms with Crippen molar-refractivity contribution in [2.75, 3.05) is 11.9 Å². The Balaban J connectivity index is 1.79. The van der Waals surface area contributed by atoms with Gasteiger partial charge in [-0.05, 0) is 56.7 Å². The van der Waals surface area contributed by atoms with Gasteiger partial charge in [0.25, 0.3) is 0 Å². The van der Waals surface area contributed by atoms with Crippen LogP contribution < -0.4 is 14.8 Å². The Morgan fingerprint density at radius 1 is 0.818 bits per heavy atom. The van der Waals surface area contributed by atoms with E-state index < -0.39 is 0 Å². The lowest BCUT2D eigenvalue weighted by Crippen LogP contribution is -2.22. The molecule has 1 N–H and O–H groups in total. The molecule has 22 heavy (non-hydrogen) atoms. The van der Waals surface area contributed by atoms with Gasteiger partial charge in [-0.1, -0.05) is 25.1 Å². The van der Waals surface area contributed by atoms with Crippen LogP contribution in [-0.2, 0) is 0 Å². The number of anilines is 1. The highest BCUT2D eigenvalue weighted by Gasteiger charge is 2.04. The van der Waals surface area contributed by atoms with Crippen molar-refractivity contribution in [2.24, 2.45) is 0 Å². The molecular formula is C19H25NO2. The minimum absolute atomic E-state index is 0.0958. The van der Waals surface area contributed by atoms with Gasteiger partial charge in [0.05, 0.1) is 12.6 Å². The first kappa shape index (κ1) is 16.2. The van der Waals surface area contributed by atoms with E-state index >= 15 is 0 Å². The zero-order valence-corrected chi connectivity index (χ0v) is 13.6. The summed E-state index contributed by atoms with van der Waals surface area (Å²) in [6, 6.07) is 17.9. The highest BCUT2D eigenvalue weighted by atomic mass is 16.5. The van der Waals surface area contributed by atoms with Gasteiger partial charge in [0.15, 0.2) is 0 Å². The maximum Gasteiger partial charge on any atom is 0.119 e. The van der Waals surface area contributed by atoms with Crippen LogP contribution in [0.3, 0.4) is 0 Å². The predicted octanol–water partition coefficient (Wildman–Crippen LogP) is 4.74. The molecule has 0 amide bonds. The second-order valence-electron chi connectivity index (χ2n) is 5.48. The van der Waals surface area contributed by atoms with Crippen LogP contribution >= 0.6 is 0 Å². The Hall–Kier alpha value is -2.16. The first-order valence-corrected chi connectivity index (χ1v) is 7.89. The summed E-state index contributed by atoms with van der Waals surface area (Å²) in [6.07, 6.45) is 1.35. The fourth-order valence-corrected chi connectivity index (χ4v) is 2.00. The highest BCUT2D eigenvalue weighted by Crippen LogP contribution is 2.18. The smallest absolute Gasteiger partial charge is 0.119 e. The average molecular weight is 299 g/mol. The van der Waals surface area contributed by atoms with Crippen molar-refractivity contribution in [2.45, 2.75) is 39.4 Å². The average Bonchev–Trinajstić information content (AvgIpc) is 2.55. The lowest BCUT2D eigenvalue weighted by atomic mass is 10.2. The van der Waals surface area contributed by atoms with Crippen molar-refractivity contribution in [1.29, 1.82) is 0 Å². The van der Waals surface area contributed by atoms with Crippen molar-refractivity contribution in [3.63, 3.8) is 0 Å². The summed E-state index contributed by atoms with van der Waals surface area (Å²) in [5, 5.41) is 3.38. The van der Waals surface area contributed by atoms with E-state index in [4.69, 9.17) is 9.47 Å². The molecule has 2 rings (SSSR count). The van der Waals surface area contributed by atoms with Gasteiger partial charge in [-0.15, -0.1) is 0 Å². The van der Waals surface area contributed by atoms with E-state index in [9.17, 15) is 0 Å². The quantitative estimate of drug-likeness (QED) is 0.763. The van der Waals surface area contributed by atoms with Gasteiger partial charge < -0.3 is 14.8 Å². The Morgan fingerprint density at radius 3 is 2.05 bits per heavy atom. The molecule has 0 bridgehead atoms. The van der Waals surface area contributed by atoms with E-state index in [1.165, 1.54) is 0 Å². The first-order valence-electron chi connectivity index (χ1n) is 7.89. The highest BCUT2D eigenvalue weighted by molar-refractivity contribution is 5.46. The molecule has 2 aromatic rings. The zero-order valence-electron chi connectivity index (χ0n) is 13.6. The Morgan fingerprint density at radius 2 is 1.41 bits per heavy atom. The maximum atomic E-state index is 5.84. The van der Waals surface area contributed by atoms with Crippen molar-refractivity contribution < 1.29 is 9.47 Å². The molecular weight excluding hydrogens is 274 g/mol. The molecule has 0 radical (unpaired) electrons. The molecule has 2 unspecified atom stereocenters. The summed E-state index contributed by atoms with van der Waals surface area (Å²) in [4.78, 5) is 0. The molecule has 3 nitrogen and oxygen atoms in total. The first-order chi connectivity index (χ1) is 10.7. The number of rotatable bonds is 8. The molecule has 0 aliphatic rings. The number of para-hydroxylation sites is 1. The number of ether oxygens (including phenoxy) is 2. The lowest BCUT2D eigenvalue weighted by Gasteiger charge is -2.17. The number of hydrogen-bond donors (Lipinski definition) is 1. The van der Waals surface area contributed by atoms with E-state index in [1.807, 2.05) is 54.6 Å². The van der Waals surface area contributed by atoms with Crippen molar-refractivity contribution in [1.82, 2.24) is 0 Å². The van der Waals surface area contributed by atoms with Crippen LogP contribution in [0.5, 0.6) is 11.5 Å². The molecule has 0 spiro atoms. The fourth-order valence-electron chi connectivity index (χ4n) is 2.00. The molecule has 0 aliphatic carbocycles. The van der Waals surface area contributed by atoms with Gasteiger partial charge in [0.1, 0.15) is 17.6 Å². The summed E-state index contributed by atoms with van der Waals surface area (Å²) >= 11 is 0. The standard InChI is InChI=1S/C19H25NO2/c1-4-15(2)21-19-12-10-17(11-13-19)20-14-16(3)22-18-8-6-5-7-9-18/h5-13,15-16,20H,4,14H2,1-3H3. The summed E-state index contributed by atoms with van der Waals surface area (Å²) in [6.45, 7) is 7.00. The fraction of sp³-hybridized carbons (Fsp3) is 0.368. The summed E-state index contributed by atoms with van der Waals surface area (Å²) in [5.74, 6) is 1.81. The Labute approximate surface area is 133 Å². The normalized spacial score (nSPS) is 13.2. The van der Waals surface area contributed by atoms with Gasteiger partial charge in [0.2, 0.25) is 0 Å². The molecule has 2 atom stereocenters. The molecule has 0 fully saturated rings. The van der Waals surface area contributed by atoms with Crippen LogP contribution in [0.25, 0.3) is 0 Å². The molecule has 2 aromatic carbocycles. The minimum atomic E-state index is 0.0958. The van der Waals surface area contributed by atoms with E-state index in [-0.39, 0.29) is 12.2 Å². The van der Waals surface area contributed by atoms with Crippen molar-refractivity contribution in [3.05, 3.63) is 54.6 Å². The molecule has 0 heterocycles. The topological polar surface area (TPSA) is 30.5 Å². The third kappa shape index (κ3) is 5.32.